The van der Waals surface area contributed by atoms with Crippen LogP contribution in [0.25, 0.3) is 0 Å². The van der Waals surface area contributed by atoms with Gasteiger partial charge < -0.3 is 0 Å². The number of aryl methyl sites for hydroxylation is 1. The summed E-state index contributed by atoms with van der Waals surface area (Å²) in [5.41, 5.74) is 0.880. The van der Waals surface area contributed by atoms with E-state index in [1.807, 2.05) is 6.92 Å². The van der Waals surface area contributed by atoms with Crippen molar-refractivity contribution in [2.45, 2.75) is 13.5 Å². The smallest absolute Gasteiger partial charge is 0.214 e. The zero-order chi connectivity index (χ0) is 12.4. The molecule has 2 aromatic rings. The van der Waals surface area contributed by atoms with Crippen molar-refractivity contribution in [1.29, 1.82) is 0 Å². The fourth-order valence-corrected chi connectivity index (χ4v) is 2.09. The largest absolute Gasteiger partial charge is 0.287 e. The lowest BCUT2D eigenvalue weighted by Crippen LogP contribution is -2.11. The molecule has 0 bridgehead atoms. The molecule has 0 fully saturated rings. The van der Waals surface area contributed by atoms with Gasteiger partial charge in [0.15, 0.2) is 0 Å². The van der Waals surface area contributed by atoms with Crippen LogP contribution in [0.3, 0.4) is 0 Å². The Morgan fingerprint density at radius 1 is 1.47 bits per heavy atom. The van der Waals surface area contributed by atoms with E-state index in [0.29, 0.717) is 22.8 Å². The lowest BCUT2D eigenvalue weighted by atomic mass is 10.1. The van der Waals surface area contributed by atoms with E-state index in [4.69, 9.17) is 11.6 Å². The fourth-order valence-electron chi connectivity index (χ4n) is 1.50. The van der Waals surface area contributed by atoms with Gasteiger partial charge >= 0.3 is 0 Å². The molecule has 0 N–H and O–H groups in total. The maximum atomic E-state index is 12.3. The van der Waals surface area contributed by atoms with Crippen LogP contribution in [0.15, 0.2) is 29.1 Å². The van der Waals surface area contributed by atoms with Gasteiger partial charge in [-0.15, -0.1) is 0 Å². The first-order valence-electron chi connectivity index (χ1n) is 5.00. The van der Waals surface area contributed by atoms with Crippen molar-refractivity contribution in [3.8, 4) is 0 Å². The Kier molecular flexibility index (Phi) is 3.59. The number of ketones is 1. The number of carbonyl (C=O) groups excluding carboxylic acids is 1. The third kappa shape index (κ3) is 2.40. The highest BCUT2D eigenvalue weighted by Crippen LogP contribution is 2.20. The van der Waals surface area contributed by atoms with Crippen LogP contribution >= 0.6 is 27.5 Å². The molecule has 2 aromatic heterocycles. The van der Waals surface area contributed by atoms with E-state index >= 15 is 0 Å². The molecule has 0 saturated heterocycles. The molecular formula is C11H9BrClN3O. The highest BCUT2D eigenvalue weighted by atomic mass is 79.9. The van der Waals surface area contributed by atoms with Gasteiger partial charge in [-0.05, 0) is 28.9 Å². The number of nitrogens with zero attached hydrogens (tertiary/aromatic N) is 3. The molecule has 0 aliphatic rings. The molecule has 0 saturated carbocycles. The Morgan fingerprint density at radius 2 is 2.24 bits per heavy atom. The summed E-state index contributed by atoms with van der Waals surface area (Å²) in [5.74, 6) is -0.178. The molecule has 2 rings (SSSR count). The minimum atomic E-state index is -0.178. The van der Waals surface area contributed by atoms with Crippen molar-refractivity contribution in [3.63, 3.8) is 0 Å². The van der Waals surface area contributed by atoms with E-state index in [-0.39, 0.29) is 5.78 Å². The van der Waals surface area contributed by atoms with Gasteiger partial charge in [-0.25, -0.2) is 0 Å². The Hall–Kier alpha value is -1.20. The predicted molar refractivity (Wildman–Crippen MR) is 68.3 cm³/mol. The van der Waals surface area contributed by atoms with E-state index in [0.717, 1.165) is 4.47 Å². The highest BCUT2D eigenvalue weighted by Gasteiger charge is 2.18. The van der Waals surface area contributed by atoms with Gasteiger partial charge in [0.05, 0.1) is 11.2 Å². The number of aromatic nitrogens is 3. The fraction of sp³-hybridized carbons (Fsp3) is 0.182. The van der Waals surface area contributed by atoms with Gasteiger partial charge in [0, 0.05) is 29.0 Å². The summed E-state index contributed by atoms with van der Waals surface area (Å²) in [6.07, 6.45) is 4.61. The first-order valence-corrected chi connectivity index (χ1v) is 6.17. The van der Waals surface area contributed by atoms with Crippen molar-refractivity contribution in [3.05, 3.63) is 45.4 Å². The van der Waals surface area contributed by atoms with Crippen LogP contribution in [0, 0.1) is 0 Å². The van der Waals surface area contributed by atoms with Gasteiger partial charge in [0.2, 0.25) is 5.78 Å². The molecule has 0 radical (unpaired) electrons. The average molecular weight is 315 g/mol. The monoisotopic (exact) mass is 313 g/mol. The Labute approximate surface area is 112 Å². The van der Waals surface area contributed by atoms with Gasteiger partial charge in [-0.1, -0.05) is 11.6 Å². The summed E-state index contributed by atoms with van der Waals surface area (Å²) in [5, 5.41) is 4.39. The number of hydrogen-bond donors (Lipinski definition) is 0. The predicted octanol–water partition coefficient (Wildman–Crippen LogP) is 2.94. The molecule has 0 atom stereocenters. The van der Waals surface area contributed by atoms with Crippen molar-refractivity contribution >= 4 is 33.3 Å². The second-order valence-corrected chi connectivity index (χ2v) is 4.70. The summed E-state index contributed by atoms with van der Waals surface area (Å²) in [7, 11) is 0. The zero-order valence-corrected chi connectivity index (χ0v) is 11.4. The van der Waals surface area contributed by atoms with Crippen LogP contribution in [-0.4, -0.2) is 20.5 Å². The van der Waals surface area contributed by atoms with Crippen molar-refractivity contribution in [2.75, 3.05) is 0 Å². The van der Waals surface area contributed by atoms with Crippen LogP contribution in [-0.2, 0) is 6.54 Å². The van der Waals surface area contributed by atoms with E-state index in [9.17, 15) is 4.79 Å². The van der Waals surface area contributed by atoms with Crippen molar-refractivity contribution < 1.29 is 4.79 Å². The van der Waals surface area contributed by atoms with Gasteiger partial charge in [-0.3, -0.25) is 14.5 Å². The lowest BCUT2D eigenvalue weighted by molar-refractivity contribution is 0.102. The standard InChI is InChI=1S/C11H9BrClN3O/c1-2-16-10(9(13)6-15-16)11(17)7-3-8(12)5-14-4-7/h3-6H,2H2,1H3. The molecule has 88 valence electrons. The molecule has 0 amide bonds. The molecule has 0 aliphatic heterocycles. The van der Waals surface area contributed by atoms with Gasteiger partial charge in [0.25, 0.3) is 0 Å². The summed E-state index contributed by atoms with van der Waals surface area (Å²) in [6, 6.07) is 1.71. The molecule has 0 unspecified atom stereocenters. The molecule has 0 spiro atoms. The third-order valence-electron chi connectivity index (χ3n) is 2.28. The quantitative estimate of drug-likeness (QED) is 0.818. The number of rotatable bonds is 3. The Balaban J connectivity index is 2.47. The van der Waals surface area contributed by atoms with Crippen molar-refractivity contribution in [1.82, 2.24) is 14.8 Å². The van der Waals surface area contributed by atoms with E-state index < -0.39 is 0 Å². The second-order valence-electron chi connectivity index (χ2n) is 3.38. The minimum Gasteiger partial charge on any atom is -0.287 e. The summed E-state index contributed by atoms with van der Waals surface area (Å²) in [4.78, 5) is 16.2. The first kappa shape index (κ1) is 12.3. The number of pyridine rings is 1. The Morgan fingerprint density at radius 3 is 2.88 bits per heavy atom. The normalized spacial score (nSPS) is 10.5. The van der Waals surface area contributed by atoms with Crippen LogP contribution in [0.4, 0.5) is 0 Å². The number of carbonyl (C=O) groups is 1. The van der Waals surface area contributed by atoms with Crippen LogP contribution in [0.2, 0.25) is 5.02 Å². The lowest BCUT2D eigenvalue weighted by Gasteiger charge is -2.04. The van der Waals surface area contributed by atoms with Crippen LogP contribution in [0.5, 0.6) is 0 Å². The average Bonchev–Trinajstić information content (AvgIpc) is 2.69. The molecule has 2 heterocycles. The Bertz CT molecular complexity index is 568. The van der Waals surface area contributed by atoms with E-state index in [1.165, 1.54) is 12.4 Å². The molecule has 0 aliphatic carbocycles. The van der Waals surface area contributed by atoms with E-state index in [2.05, 4.69) is 26.0 Å². The second kappa shape index (κ2) is 4.98. The summed E-state index contributed by atoms with van der Waals surface area (Å²) < 4.78 is 2.33. The van der Waals surface area contributed by atoms with Crippen molar-refractivity contribution in [2.24, 2.45) is 0 Å². The molecule has 4 nitrogen and oxygen atoms in total. The van der Waals surface area contributed by atoms with Crippen LogP contribution in [0.1, 0.15) is 23.0 Å². The molecule has 17 heavy (non-hydrogen) atoms. The maximum Gasteiger partial charge on any atom is 0.214 e. The van der Waals surface area contributed by atoms with Crippen LogP contribution < -0.4 is 0 Å². The number of halogens is 2. The SMILES string of the molecule is CCn1ncc(Cl)c1C(=O)c1cncc(Br)c1. The minimum absolute atomic E-state index is 0.178. The third-order valence-corrected chi connectivity index (χ3v) is 2.99. The van der Waals surface area contributed by atoms with Gasteiger partial charge in [0.1, 0.15) is 5.69 Å². The topological polar surface area (TPSA) is 47.8 Å². The molecular weight excluding hydrogens is 305 g/mol. The highest BCUT2D eigenvalue weighted by molar-refractivity contribution is 9.10. The number of hydrogen-bond acceptors (Lipinski definition) is 3. The summed E-state index contributed by atoms with van der Waals surface area (Å²) in [6.45, 7) is 2.49. The summed E-state index contributed by atoms with van der Waals surface area (Å²) >= 11 is 9.25. The zero-order valence-electron chi connectivity index (χ0n) is 9.02. The first-order chi connectivity index (χ1) is 8.13. The molecule has 0 aromatic carbocycles. The van der Waals surface area contributed by atoms with Gasteiger partial charge in [-0.2, -0.15) is 5.10 Å². The molecule has 6 heteroatoms. The van der Waals surface area contributed by atoms with E-state index in [1.54, 1.807) is 16.9 Å². The maximum absolute atomic E-state index is 12.3.